The number of anilines is 1. The summed E-state index contributed by atoms with van der Waals surface area (Å²) in [6, 6.07) is 9.48. The van der Waals surface area contributed by atoms with Crippen molar-refractivity contribution in [2.75, 3.05) is 11.3 Å². The van der Waals surface area contributed by atoms with Crippen LogP contribution in [0.2, 0.25) is 5.02 Å². The molecule has 2 aromatic carbocycles. The number of ether oxygens (including phenoxy) is 1. The molecule has 1 N–H and O–H groups in total. The van der Waals surface area contributed by atoms with Crippen molar-refractivity contribution in [3.63, 3.8) is 0 Å². The van der Waals surface area contributed by atoms with Crippen LogP contribution in [0.25, 0.3) is 0 Å². The van der Waals surface area contributed by atoms with Crippen molar-refractivity contribution in [2.24, 2.45) is 0 Å². The summed E-state index contributed by atoms with van der Waals surface area (Å²) in [6.07, 6.45) is 0. The quantitative estimate of drug-likeness (QED) is 0.910. The van der Waals surface area contributed by atoms with Gasteiger partial charge in [0, 0.05) is 5.02 Å². The maximum atomic E-state index is 13.6. The Bertz CT molecular complexity index is 732. The van der Waals surface area contributed by atoms with E-state index in [1.165, 1.54) is 36.4 Å². The van der Waals surface area contributed by atoms with Gasteiger partial charge in [-0.2, -0.15) is 0 Å². The molecular weight excluding hydrogens is 317 g/mol. The standard InChI is InChI=1S/C14H13ClFNO3S/c1-2-20-11-4-6-12(7-5-11)21(18,19)17-14-9-10(15)3-8-13(14)16/h3-9,17H,2H2,1H3. The summed E-state index contributed by atoms with van der Waals surface area (Å²) in [6.45, 7) is 2.31. The normalized spacial score (nSPS) is 11.2. The summed E-state index contributed by atoms with van der Waals surface area (Å²) in [7, 11) is -3.89. The van der Waals surface area contributed by atoms with Crippen LogP contribution >= 0.6 is 11.6 Å². The number of sulfonamides is 1. The number of halogens is 2. The zero-order chi connectivity index (χ0) is 15.5. The first-order valence-corrected chi connectivity index (χ1v) is 7.99. The van der Waals surface area contributed by atoms with Gasteiger partial charge < -0.3 is 4.74 Å². The molecule has 0 radical (unpaired) electrons. The highest BCUT2D eigenvalue weighted by Crippen LogP contribution is 2.23. The highest BCUT2D eigenvalue weighted by molar-refractivity contribution is 7.92. The highest BCUT2D eigenvalue weighted by atomic mass is 35.5. The van der Waals surface area contributed by atoms with E-state index in [1.54, 1.807) is 0 Å². The number of hydrogen-bond acceptors (Lipinski definition) is 3. The van der Waals surface area contributed by atoms with Gasteiger partial charge in [-0.05, 0) is 49.4 Å². The SMILES string of the molecule is CCOc1ccc(S(=O)(=O)Nc2cc(Cl)ccc2F)cc1. The summed E-state index contributed by atoms with van der Waals surface area (Å²) in [5, 5.41) is 0.237. The monoisotopic (exact) mass is 329 g/mol. The van der Waals surface area contributed by atoms with E-state index in [0.717, 1.165) is 6.07 Å². The molecule has 2 rings (SSSR count). The van der Waals surface area contributed by atoms with Gasteiger partial charge in [-0.15, -0.1) is 0 Å². The molecule has 0 unspecified atom stereocenters. The smallest absolute Gasteiger partial charge is 0.261 e. The predicted molar refractivity (Wildman–Crippen MR) is 79.8 cm³/mol. The molecule has 4 nitrogen and oxygen atoms in total. The third kappa shape index (κ3) is 3.86. The number of nitrogens with one attached hydrogen (secondary N) is 1. The summed E-state index contributed by atoms with van der Waals surface area (Å²) >= 11 is 5.73. The molecule has 0 aliphatic carbocycles. The largest absolute Gasteiger partial charge is 0.494 e. The van der Waals surface area contributed by atoms with Gasteiger partial charge in [0.2, 0.25) is 0 Å². The average Bonchev–Trinajstić information content (AvgIpc) is 2.44. The third-order valence-corrected chi connectivity index (χ3v) is 4.23. The van der Waals surface area contributed by atoms with Crippen LogP contribution < -0.4 is 9.46 Å². The maximum absolute atomic E-state index is 13.6. The Labute approximate surface area is 127 Å². The van der Waals surface area contributed by atoms with Gasteiger partial charge in [0.15, 0.2) is 0 Å². The first kappa shape index (κ1) is 15.6. The molecule has 0 aliphatic rings. The fourth-order valence-corrected chi connectivity index (χ4v) is 2.89. The lowest BCUT2D eigenvalue weighted by Crippen LogP contribution is -2.14. The van der Waals surface area contributed by atoms with Gasteiger partial charge in [-0.1, -0.05) is 11.6 Å². The molecule has 21 heavy (non-hydrogen) atoms. The van der Waals surface area contributed by atoms with E-state index in [0.29, 0.717) is 12.4 Å². The van der Waals surface area contributed by atoms with Crippen LogP contribution in [0.3, 0.4) is 0 Å². The Morgan fingerprint density at radius 1 is 1.19 bits per heavy atom. The molecule has 0 atom stereocenters. The van der Waals surface area contributed by atoms with Gasteiger partial charge in [0.25, 0.3) is 10.0 Å². The summed E-state index contributed by atoms with van der Waals surface area (Å²) in [4.78, 5) is 0.00493. The fourth-order valence-electron chi connectivity index (χ4n) is 1.66. The minimum Gasteiger partial charge on any atom is -0.494 e. The van der Waals surface area contributed by atoms with Crippen LogP contribution in [-0.4, -0.2) is 15.0 Å². The Morgan fingerprint density at radius 3 is 2.48 bits per heavy atom. The van der Waals surface area contributed by atoms with Crippen LogP contribution in [0.4, 0.5) is 10.1 Å². The number of benzene rings is 2. The van der Waals surface area contributed by atoms with E-state index in [2.05, 4.69) is 4.72 Å². The molecular formula is C14H13ClFNO3S. The van der Waals surface area contributed by atoms with E-state index in [1.807, 2.05) is 6.92 Å². The van der Waals surface area contributed by atoms with Gasteiger partial charge in [-0.3, -0.25) is 4.72 Å². The zero-order valence-electron chi connectivity index (χ0n) is 11.1. The van der Waals surface area contributed by atoms with Gasteiger partial charge >= 0.3 is 0 Å². The topological polar surface area (TPSA) is 55.4 Å². The Kier molecular flexibility index (Phi) is 4.69. The second kappa shape index (κ2) is 6.32. The van der Waals surface area contributed by atoms with Gasteiger partial charge in [0.05, 0.1) is 17.2 Å². The molecule has 0 bridgehead atoms. The predicted octanol–water partition coefficient (Wildman–Crippen LogP) is 3.68. The molecule has 0 saturated carbocycles. The van der Waals surface area contributed by atoms with E-state index < -0.39 is 15.8 Å². The van der Waals surface area contributed by atoms with Crippen LogP contribution in [-0.2, 0) is 10.0 Å². The second-order valence-electron chi connectivity index (χ2n) is 4.13. The van der Waals surface area contributed by atoms with Crippen molar-refractivity contribution < 1.29 is 17.5 Å². The van der Waals surface area contributed by atoms with Crippen LogP contribution in [0.1, 0.15) is 6.92 Å². The average molecular weight is 330 g/mol. The van der Waals surface area contributed by atoms with E-state index >= 15 is 0 Å². The van der Waals surface area contributed by atoms with E-state index in [-0.39, 0.29) is 15.6 Å². The molecule has 0 aromatic heterocycles. The number of hydrogen-bond donors (Lipinski definition) is 1. The van der Waals surface area contributed by atoms with Crippen molar-refractivity contribution in [1.29, 1.82) is 0 Å². The minimum atomic E-state index is -3.89. The second-order valence-corrected chi connectivity index (χ2v) is 6.25. The Morgan fingerprint density at radius 2 is 1.86 bits per heavy atom. The lowest BCUT2D eigenvalue weighted by Gasteiger charge is -2.10. The molecule has 7 heteroatoms. The third-order valence-electron chi connectivity index (χ3n) is 2.62. The highest BCUT2D eigenvalue weighted by Gasteiger charge is 2.16. The summed E-state index contributed by atoms with van der Waals surface area (Å²) < 4.78 is 45.3. The summed E-state index contributed by atoms with van der Waals surface area (Å²) in [5.41, 5.74) is -0.198. The first-order valence-electron chi connectivity index (χ1n) is 6.13. The number of rotatable bonds is 5. The van der Waals surface area contributed by atoms with Crippen molar-refractivity contribution in [3.05, 3.63) is 53.3 Å². The Hall–Kier alpha value is -1.79. The molecule has 0 spiro atoms. The molecule has 0 heterocycles. The maximum Gasteiger partial charge on any atom is 0.261 e. The fraction of sp³-hybridized carbons (Fsp3) is 0.143. The van der Waals surface area contributed by atoms with Crippen LogP contribution in [0, 0.1) is 5.82 Å². The van der Waals surface area contributed by atoms with Crippen molar-refractivity contribution in [3.8, 4) is 5.75 Å². The lowest BCUT2D eigenvalue weighted by molar-refractivity contribution is 0.340. The van der Waals surface area contributed by atoms with Crippen molar-refractivity contribution in [2.45, 2.75) is 11.8 Å². The van der Waals surface area contributed by atoms with Crippen LogP contribution in [0.5, 0.6) is 5.75 Å². The molecule has 0 amide bonds. The first-order chi connectivity index (χ1) is 9.92. The molecule has 2 aromatic rings. The van der Waals surface area contributed by atoms with E-state index in [4.69, 9.17) is 16.3 Å². The Balaban J connectivity index is 2.27. The lowest BCUT2D eigenvalue weighted by atomic mass is 10.3. The van der Waals surface area contributed by atoms with E-state index in [9.17, 15) is 12.8 Å². The summed E-state index contributed by atoms with van der Waals surface area (Å²) in [5.74, 6) is -0.140. The van der Waals surface area contributed by atoms with Crippen LogP contribution in [0.15, 0.2) is 47.4 Å². The van der Waals surface area contributed by atoms with Crippen molar-refractivity contribution >= 4 is 27.3 Å². The molecule has 0 saturated heterocycles. The van der Waals surface area contributed by atoms with Gasteiger partial charge in [0.1, 0.15) is 11.6 Å². The van der Waals surface area contributed by atoms with Crippen molar-refractivity contribution in [1.82, 2.24) is 0 Å². The minimum absolute atomic E-state index is 0.00493. The van der Waals surface area contributed by atoms with Gasteiger partial charge in [-0.25, -0.2) is 12.8 Å². The molecule has 0 aliphatic heterocycles. The zero-order valence-corrected chi connectivity index (χ0v) is 12.7. The molecule has 112 valence electrons. The molecule has 0 fully saturated rings.